The van der Waals surface area contributed by atoms with Crippen molar-refractivity contribution in [3.8, 4) is 0 Å². The summed E-state index contributed by atoms with van der Waals surface area (Å²) in [5.74, 6) is -0.000979. The summed E-state index contributed by atoms with van der Waals surface area (Å²) in [5.41, 5.74) is 6.66. The minimum atomic E-state index is -0.0272. The molecule has 0 atom stereocenters. The number of hydrogen-bond donors (Lipinski definition) is 3. The number of nitrogens with two attached hydrogens (primary N) is 1. The largest absolute Gasteiger partial charge is 0.384 e. The fourth-order valence-electron chi connectivity index (χ4n) is 0.982. The van der Waals surface area contributed by atoms with Crippen molar-refractivity contribution in [2.24, 2.45) is 5.73 Å². The van der Waals surface area contributed by atoms with E-state index in [2.05, 4.69) is 5.32 Å². The Labute approximate surface area is 96.4 Å². The molecule has 0 bridgehead atoms. The average Bonchev–Trinajstić information content (AvgIpc) is 2.32. The third-order valence-electron chi connectivity index (χ3n) is 1.80. The number of anilines is 1. The van der Waals surface area contributed by atoms with Crippen LogP contribution in [0.3, 0.4) is 0 Å². The van der Waals surface area contributed by atoms with Crippen LogP contribution in [0.1, 0.15) is 32.8 Å². The van der Waals surface area contributed by atoms with Crippen molar-refractivity contribution >= 4 is 17.4 Å². The summed E-state index contributed by atoms with van der Waals surface area (Å²) < 4.78 is 0. The van der Waals surface area contributed by atoms with Crippen molar-refractivity contribution in [1.82, 2.24) is 0 Å². The number of hydrogen-bond acceptors (Lipinski definition) is 2. The van der Waals surface area contributed by atoms with Gasteiger partial charge in [-0.25, -0.2) is 0 Å². The Balaban J connectivity index is 0.00000106. The normalized spacial score (nSPS) is 8.69. The topological polar surface area (TPSA) is 79.0 Å². The quantitative estimate of drug-likeness (QED) is 0.541. The Morgan fingerprint density at radius 2 is 1.81 bits per heavy atom. The first-order chi connectivity index (χ1) is 7.63. The van der Waals surface area contributed by atoms with Crippen LogP contribution in [0.5, 0.6) is 0 Å². The van der Waals surface area contributed by atoms with Gasteiger partial charge in [-0.05, 0) is 24.3 Å². The maximum absolute atomic E-state index is 11.0. The molecule has 0 unspecified atom stereocenters. The summed E-state index contributed by atoms with van der Waals surface area (Å²) in [6.45, 7) is 5.79. The van der Waals surface area contributed by atoms with Gasteiger partial charge in [-0.2, -0.15) is 0 Å². The highest BCUT2D eigenvalue weighted by atomic mass is 16.1. The minimum absolute atomic E-state index is 0.0263. The zero-order valence-corrected chi connectivity index (χ0v) is 10.0. The van der Waals surface area contributed by atoms with Crippen molar-refractivity contribution in [2.45, 2.75) is 27.2 Å². The Kier molecular flexibility index (Phi) is 6.59. The van der Waals surface area contributed by atoms with Crippen LogP contribution in [0.25, 0.3) is 0 Å². The van der Waals surface area contributed by atoms with E-state index in [1.807, 2.05) is 13.8 Å². The van der Waals surface area contributed by atoms with E-state index in [9.17, 15) is 4.79 Å². The summed E-state index contributed by atoms with van der Waals surface area (Å²) in [6.07, 6.45) is 0.453. The van der Waals surface area contributed by atoms with E-state index < -0.39 is 0 Å². The van der Waals surface area contributed by atoms with Gasteiger partial charge >= 0.3 is 0 Å². The van der Waals surface area contributed by atoms with E-state index in [1.165, 1.54) is 0 Å². The molecule has 16 heavy (non-hydrogen) atoms. The average molecular weight is 221 g/mol. The van der Waals surface area contributed by atoms with Crippen LogP contribution >= 0.6 is 0 Å². The monoisotopic (exact) mass is 221 g/mol. The molecule has 1 aromatic carbocycles. The standard InChI is InChI=1S/C10H13N3O.C2H6/c1-2-9(14)13-8-5-3-7(4-6-8)10(11)12;1-2/h3-6H,2H2,1H3,(H3,11,12)(H,13,14);1-2H3. The van der Waals surface area contributed by atoms with E-state index >= 15 is 0 Å². The molecular weight excluding hydrogens is 202 g/mol. The lowest BCUT2D eigenvalue weighted by Gasteiger charge is -2.04. The smallest absolute Gasteiger partial charge is 0.224 e. The van der Waals surface area contributed by atoms with Gasteiger partial charge in [-0.1, -0.05) is 20.8 Å². The molecule has 0 aliphatic carbocycles. The van der Waals surface area contributed by atoms with E-state index in [1.54, 1.807) is 31.2 Å². The van der Waals surface area contributed by atoms with Crippen molar-refractivity contribution in [2.75, 3.05) is 5.32 Å². The van der Waals surface area contributed by atoms with Gasteiger partial charge in [0.15, 0.2) is 0 Å². The van der Waals surface area contributed by atoms with Gasteiger partial charge in [0, 0.05) is 17.7 Å². The van der Waals surface area contributed by atoms with Crippen LogP contribution in [0.4, 0.5) is 5.69 Å². The molecule has 0 fully saturated rings. The first-order valence-corrected chi connectivity index (χ1v) is 5.37. The second-order valence-corrected chi connectivity index (χ2v) is 2.89. The molecule has 4 heteroatoms. The first-order valence-electron chi connectivity index (χ1n) is 5.37. The lowest BCUT2D eigenvalue weighted by atomic mass is 10.2. The zero-order valence-electron chi connectivity index (χ0n) is 10.0. The highest BCUT2D eigenvalue weighted by molar-refractivity contribution is 5.96. The molecule has 0 heterocycles. The van der Waals surface area contributed by atoms with Crippen molar-refractivity contribution in [3.05, 3.63) is 29.8 Å². The number of amidine groups is 1. The van der Waals surface area contributed by atoms with Crippen LogP contribution in [0.2, 0.25) is 0 Å². The molecule has 4 N–H and O–H groups in total. The highest BCUT2D eigenvalue weighted by Gasteiger charge is 1.99. The van der Waals surface area contributed by atoms with Gasteiger partial charge in [-0.3, -0.25) is 10.2 Å². The lowest BCUT2D eigenvalue weighted by Crippen LogP contribution is -2.12. The zero-order chi connectivity index (χ0) is 12.6. The third kappa shape index (κ3) is 4.59. The van der Waals surface area contributed by atoms with E-state index in [0.29, 0.717) is 12.0 Å². The summed E-state index contributed by atoms with van der Waals surface area (Å²) in [6, 6.07) is 6.86. The van der Waals surface area contributed by atoms with Crippen molar-refractivity contribution in [3.63, 3.8) is 0 Å². The minimum Gasteiger partial charge on any atom is -0.384 e. The maximum atomic E-state index is 11.0. The van der Waals surface area contributed by atoms with Gasteiger partial charge in [0.25, 0.3) is 0 Å². The Morgan fingerprint density at radius 3 is 2.19 bits per heavy atom. The number of carbonyl (C=O) groups excluding carboxylic acids is 1. The van der Waals surface area contributed by atoms with E-state index in [4.69, 9.17) is 11.1 Å². The molecule has 1 aromatic rings. The summed E-state index contributed by atoms with van der Waals surface area (Å²) in [4.78, 5) is 11.0. The predicted octanol–water partition coefficient (Wildman–Crippen LogP) is 2.35. The summed E-state index contributed by atoms with van der Waals surface area (Å²) in [5, 5.41) is 9.88. The van der Waals surface area contributed by atoms with Crippen LogP contribution in [-0.2, 0) is 4.79 Å². The molecule has 0 spiro atoms. The number of nitrogens with one attached hydrogen (secondary N) is 2. The molecular formula is C12H19N3O. The van der Waals surface area contributed by atoms with Crippen LogP contribution in [0, 0.1) is 5.41 Å². The molecule has 0 saturated heterocycles. The maximum Gasteiger partial charge on any atom is 0.224 e. The van der Waals surface area contributed by atoms with Gasteiger partial charge in [0.1, 0.15) is 5.84 Å². The van der Waals surface area contributed by atoms with Gasteiger partial charge in [0.2, 0.25) is 5.91 Å². The van der Waals surface area contributed by atoms with Gasteiger partial charge in [0.05, 0.1) is 0 Å². The summed E-state index contributed by atoms with van der Waals surface area (Å²) >= 11 is 0. The number of nitrogen functional groups attached to an aromatic ring is 1. The van der Waals surface area contributed by atoms with Crippen LogP contribution in [-0.4, -0.2) is 11.7 Å². The van der Waals surface area contributed by atoms with Crippen molar-refractivity contribution < 1.29 is 4.79 Å². The molecule has 0 aromatic heterocycles. The summed E-state index contributed by atoms with van der Waals surface area (Å²) in [7, 11) is 0. The molecule has 0 aliphatic rings. The fourth-order valence-corrected chi connectivity index (χ4v) is 0.982. The number of rotatable bonds is 3. The predicted molar refractivity (Wildman–Crippen MR) is 67.7 cm³/mol. The van der Waals surface area contributed by atoms with Gasteiger partial charge < -0.3 is 11.1 Å². The molecule has 0 aliphatic heterocycles. The van der Waals surface area contributed by atoms with E-state index in [-0.39, 0.29) is 11.7 Å². The molecule has 0 radical (unpaired) electrons. The molecule has 4 nitrogen and oxygen atoms in total. The second kappa shape index (κ2) is 7.45. The molecule has 1 rings (SSSR count). The second-order valence-electron chi connectivity index (χ2n) is 2.89. The Morgan fingerprint density at radius 1 is 1.31 bits per heavy atom. The lowest BCUT2D eigenvalue weighted by molar-refractivity contribution is -0.115. The Hall–Kier alpha value is -1.84. The first kappa shape index (κ1) is 14.2. The molecule has 1 amide bonds. The van der Waals surface area contributed by atoms with Crippen LogP contribution in [0.15, 0.2) is 24.3 Å². The fraction of sp³-hybridized carbons (Fsp3) is 0.333. The SMILES string of the molecule is CC.CCC(=O)Nc1ccc(C(=N)N)cc1. The number of carbonyl (C=O) groups is 1. The molecule has 0 saturated carbocycles. The van der Waals surface area contributed by atoms with Gasteiger partial charge in [-0.15, -0.1) is 0 Å². The van der Waals surface area contributed by atoms with Crippen LogP contribution < -0.4 is 11.1 Å². The van der Waals surface area contributed by atoms with E-state index in [0.717, 1.165) is 5.69 Å². The third-order valence-corrected chi connectivity index (χ3v) is 1.80. The van der Waals surface area contributed by atoms with Crippen molar-refractivity contribution in [1.29, 1.82) is 5.41 Å². The highest BCUT2D eigenvalue weighted by Crippen LogP contribution is 2.09. The molecule has 88 valence electrons. The number of amides is 1. The number of benzene rings is 1. The Bertz CT molecular complexity index is 344.